The topological polar surface area (TPSA) is 0 Å². The van der Waals surface area contributed by atoms with Crippen LogP contribution in [-0.4, -0.2) is 0 Å². The molecular formula is C31H54. The molecule has 4 aliphatic carbocycles. The maximum absolute atomic E-state index is 2.76. The highest BCUT2D eigenvalue weighted by molar-refractivity contribution is 5.26. The Morgan fingerprint density at radius 1 is 0.903 bits per heavy atom. The Morgan fingerprint density at radius 3 is 2.29 bits per heavy atom. The SMILES string of the molecule is CC(CCC(C)C(C)(C)C)[C@H]1CC[C@H]2[C@@H]3CC=C4CC(C)(C)CC[C@]4(C)[C@H]3CC[C@]12C. The summed E-state index contributed by atoms with van der Waals surface area (Å²) in [7, 11) is 0. The van der Waals surface area contributed by atoms with E-state index in [4.69, 9.17) is 0 Å². The van der Waals surface area contributed by atoms with Crippen molar-refractivity contribution in [3.8, 4) is 0 Å². The van der Waals surface area contributed by atoms with Gasteiger partial charge in [-0.2, -0.15) is 0 Å². The Bertz CT molecular complexity index is 689. The molecular weight excluding hydrogens is 372 g/mol. The molecule has 0 aromatic carbocycles. The Morgan fingerprint density at radius 2 is 1.61 bits per heavy atom. The third kappa shape index (κ3) is 4.10. The maximum Gasteiger partial charge on any atom is -0.00849 e. The maximum atomic E-state index is 2.76. The molecule has 0 heterocycles. The fourth-order valence-electron chi connectivity index (χ4n) is 9.10. The molecule has 0 aromatic rings. The minimum atomic E-state index is 0.454. The predicted octanol–water partition coefficient (Wildman–Crippen LogP) is 9.69. The Labute approximate surface area is 195 Å². The van der Waals surface area contributed by atoms with Crippen molar-refractivity contribution in [3.05, 3.63) is 11.6 Å². The van der Waals surface area contributed by atoms with Crippen LogP contribution in [0.4, 0.5) is 0 Å². The van der Waals surface area contributed by atoms with Crippen molar-refractivity contribution in [3.63, 3.8) is 0 Å². The van der Waals surface area contributed by atoms with E-state index in [0.29, 0.717) is 21.7 Å². The van der Waals surface area contributed by atoms with Crippen molar-refractivity contribution in [1.29, 1.82) is 0 Å². The van der Waals surface area contributed by atoms with Crippen molar-refractivity contribution in [1.82, 2.24) is 0 Å². The van der Waals surface area contributed by atoms with Crippen LogP contribution in [0, 0.1) is 57.2 Å². The van der Waals surface area contributed by atoms with Crippen LogP contribution in [0.5, 0.6) is 0 Å². The molecule has 0 radical (unpaired) electrons. The second-order valence-corrected chi connectivity index (χ2v) is 15.2. The van der Waals surface area contributed by atoms with Gasteiger partial charge in [0.05, 0.1) is 0 Å². The van der Waals surface area contributed by atoms with E-state index in [1.54, 1.807) is 0 Å². The first kappa shape index (κ1) is 23.9. The Balaban J connectivity index is 1.48. The smallest absolute Gasteiger partial charge is 0.00849 e. The highest BCUT2D eigenvalue weighted by atomic mass is 14.6. The van der Waals surface area contributed by atoms with E-state index < -0.39 is 0 Å². The summed E-state index contributed by atoms with van der Waals surface area (Å²) >= 11 is 0. The zero-order valence-electron chi connectivity index (χ0n) is 22.6. The molecule has 4 aliphatic rings. The van der Waals surface area contributed by atoms with E-state index in [1.807, 2.05) is 5.57 Å². The molecule has 0 bridgehead atoms. The molecule has 3 fully saturated rings. The highest BCUT2D eigenvalue weighted by Gasteiger charge is 2.59. The van der Waals surface area contributed by atoms with Crippen LogP contribution in [0.1, 0.15) is 127 Å². The van der Waals surface area contributed by atoms with Gasteiger partial charge < -0.3 is 0 Å². The number of rotatable bonds is 4. The number of fused-ring (bicyclic) bond motifs is 5. The molecule has 2 unspecified atom stereocenters. The third-order valence-electron chi connectivity index (χ3n) is 11.9. The van der Waals surface area contributed by atoms with Crippen molar-refractivity contribution >= 4 is 0 Å². The zero-order valence-corrected chi connectivity index (χ0v) is 22.6. The van der Waals surface area contributed by atoms with Gasteiger partial charge in [-0.25, -0.2) is 0 Å². The summed E-state index contributed by atoms with van der Waals surface area (Å²) in [4.78, 5) is 0. The first-order valence-corrected chi connectivity index (χ1v) is 14.0. The van der Waals surface area contributed by atoms with Gasteiger partial charge in [-0.15, -0.1) is 0 Å². The number of hydrogen-bond acceptors (Lipinski definition) is 0. The van der Waals surface area contributed by atoms with Crippen molar-refractivity contribution in [2.45, 2.75) is 127 Å². The minimum absolute atomic E-state index is 0.454. The van der Waals surface area contributed by atoms with Crippen LogP contribution in [0.25, 0.3) is 0 Å². The lowest BCUT2D eigenvalue weighted by Gasteiger charge is -2.59. The van der Waals surface area contributed by atoms with Gasteiger partial charge >= 0.3 is 0 Å². The highest BCUT2D eigenvalue weighted by Crippen LogP contribution is 2.68. The van der Waals surface area contributed by atoms with Gasteiger partial charge in [0.1, 0.15) is 0 Å². The van der Waals surface area contributed by atoms with E-state index >= 15 is 0 Å². The average Bonchev–Trinajstić information content (AvgIpc) is 3.02. The molecule has 0 spiro atoms. The Kier molecular flexibility index (Phi) is 6.09. The van der Waals surface area contributed by atoms with Gasteiger partial charge in [0.2, 0.25) is 0 Å². The number of hydrogen-bond donors (Lipinski definition) is 0. The molecule has 31 heavy (non-hydrogen) atoms. The molecule has 4 rings (SSSR count). The molecule has 0 amide bonds. The van der Waals surface area contributed by atoms with Crippen LogP contribution in [0.3, 0.4) is 0 Å². The van der Waals surface area contributed by atoms with Crippen molar-refractivity contribution < 1.29 is 0 Å². The van der Waals surface area contributed by atoms with E-state index in [2.05, 4.69) is 68.4 Å². The van der Waals surface area contributed by atoms with Crippen molar-refractivity contribution in [2.24, 2.45) is 57.2 Å². The van der Waals surface area contributed by atoms with Gasteiger partial charge in [-0.05, 0) is 115 Å². The summed E-state index contributed by atoms with van der Waals surface area (Å²) in [5, 5.41) is 0. The number of allylic oxidation sites excluding steroid dienone is 2. The van der Waals surface area contributed by atoms with Crippen LogP contribution in [0.15, 0.2) is 11.6 Å². The normalized spacial score (nSPS) is 44.0. The lowest BCUT2D eigenvalue weighted by Crippen LogP contribution is -2.51. The molecule has 0 N–H and O–H groups in total. The van der Waals surface area contributed by atoms with Gasteiger partial charge in [0, 0.05) is 0 Å². The van der Waals surface area contributed by atoms with E-state index in [9.17, 15) is 0 Å². The van der Waals surface area contributed by atoms with Gasteiger partial charge in [0.15, 0.2) is 0 Å². The first-order chi connectivity index (χ1) is 14.3. The first-order valence-electron chi connectivity index (χ1n) is 14.0. The van der Waals surface area contributed by atoms with E-state index in [0.717, 1.165) is 35.5 Å². The molecule has 0 nitrogen and oxygen atoms in total. The second-order valence-electron chi connectivity index (χ2n) is 15.2. The summed E-state index contributed by atoms with van der Waals surface area (Å²) in [6.07, 6.45) is 17.3. The van der Waals surface area contributed by atoms with Gasteiger partial charge in [-0.3, -0.25) is 0 Å². The van der Waals surface area contributed by atoms with Crippen molar-refractivity contribution in [2.75, 3.05) is 0 Å². The molecule has 0 aromatic heterocycles. The summed E-state index contributed by atoms with van der Waals surface area (Å²) in [6.45, 7) is 22.8. The third-order valence-corrected chi connectivity index (χ3v) is 11.9. The summed E-state index contributed by atoms with van der Waals surface area (Å²) in [5.41, 5.74) is 3.97. The minimum Gasteiger partial charge on any atom is -0.0845 e. The lowest BCUT2D eigenvalue weighted by atomic mass is 9.45. The molecule has 0 aliphatic heterocycles. The summed E-state index contributed by atoms with van der Waals surface area (Å²) < 4.78 is 0. The van der Waals surface area contributed by atoms with Crippen LogP contribution >= 0.6 is 0 Å². The fourth-order valence-corrected chi connectivity index (χ4v) is 9.10. The summed E-state index contributed by atoms with van der Waals surface area (Å²) in [5.74, 6) is 5.62. The fraction of sp³-hybridized carbons (Fsp3) is 0.935. The molecule has 0 heteroatoms. The predicted molar refractivity (Wildman–Crippen MR) is 136 cm³/mol. The standard InChI is InChI=1S/C31H54/c1-21(10-11-22(2)28(3,4)5)25-14-15-26-24-13-12-23-20-29(6,7)18-19-30(23,8)27(24)16-17-31(25,26)9/h12,21-22,24-27H,10-11,13-20H2,1-9H3/t21?,22?,24-,25+,26-,27-,30-,31+/m0/s1. The van der Waals surface area contributed by atoms with Gasteiger partial charge in [-0.1, -0.05) is 80.4 Å². The molecule has 3 saturated carbocycles. The summed E-state index contributed by atoms with van der Waals surface area (Å²) in [6, 6.07) is 0. The van der Waals surface area contributed by atoms with Crippen LogP contribution in [0.2, 0.25) is 0 Å². The average molecular weight is 427 g/mol. The van der Waals surface area contributed by atoms with Crippen LogP contribution < -0.4 is 0 Å². The van der Waals surface area contributed by atoms with Crippen LogP contribution in [-0.2, 0) is 0 Å². The molecule has 178 valence electrons. The zero-order chi connectivity index (χ0) is 22.8. The van der Waals surface area contributed by atoms with E-state index in [-0.39, 0.29) is 0 Å². The molecule has 8 atom stereocenters. The van der Waals surface area contributed by atoms with Gasteiger partial charge in [0.25, 0.3) is 0 Å². The quantitative estimate of drug-likeness (QED) is 0.392. The molecule has 0 saturated heterocycles. The van der Waals surface area contributed by atoms with E-state index in [1.165, 1.54) is 64.2 Å². The largest absolute Gasteiger partial charge is 0.0845 e. The lowest BCUT2D eigenvalue weighted by molar-refractivity contribution is -0.0566. The second kappa shape index (κ2) is 7.91. The Hall–Kier alpha value is -0.260. The monoisotopic (exact) mass is 426 g/mol.